The summed E-state index contributed by atoms with van der Waals surface area (Å²) in [7, 11) is 0. The molecular formula is C24H23FIN5O2S. The van der Waals surface area contributed by atoms with Gasteiger partial charge < -0.3 is 4.90 Å². The third kappa shape index (κ3) is 4.58. The summed E-state index contributed by atoms with van der Waals surface area (Å²) < 4.78 is 24.5. The molecule has 1 atom stereocenters. The van der Waals surface area contributed by atoms with Crippen LogP contribution in [0.5, 0.6) is 0 Å². The molecule has 2 aromatic carbocycles. The smallest absolute Gasteiger partial charge is 0.290 e. The summed E-state index contributed by atoms with van der Waals surface area (Å²) in [5, 5.41) is 1.88. The lowest BCUT2D eigenvalue weighted by Crippen LogP contribution is -2.52. The van der Waals surface area contributed by atoms with Crippen LogP contribution in [-0.4, -0.2) is 54.0 Å². The van der Waals surface area contributed by atoms with Crippen molar-refractivity contribution in [2.45, 2.75) is 19.9 Å². The Morgan fingerprint density at radius 3 is 2.79 bits per heavy atom. The molecule has 10 heteroatoms. The van der Waals surface area contributed by atoms with Crippen molar-refractivity contribution in [1.82, 2.24) is 10.2 Å². The van der Waals surface area contributed by atoms with E-state index in [-0.39, 0.29) is 11.1 Å². The summed E-state index contributed by atoms with van der Waals surface area (Å²) in [5.74, 6) is -0.653. The number of halogens is 2. The van der Waals surface area contributed by atoms with Crippen molar-refractivity contribution in [3.8, 4) is 0 Å². The van der Waals surface area contributed by atoms with Crippen LogP contribution in [0.25, 0.3) is 6.08 Å². The quantitative estimate of drug-likeness (QED) is 0.389. The van der Waals surface area contributed by atoms with E-state index in [4.69, 9.17) is 0 Å². The molecule has 0 radical (unpaired) electrons. The highest BCUT2D eigenvalue weighted by molar-refractivity contribution is 14.1. The van der Waals surface area contributed by atoms with Crippen molar-refractivity contribution in [3.05, 3.63) is 63.8 Å². The summed E-state index contributed by atoms with van der Waals surface area (Å²) in [6, 6.07) is 11.4. The lowest BCUT2D eigenvalue weighted by Gasteiger charge is -2.40. The summed E-state index contributed by atoms with van der Waals surface area (Å²) in [6.45, 7) is 7.85. The van der Waals surface area contributed by atoms with E-state index in [1.165, 1.54) is 0 Å². The first kappa shape index (κ1) is 23.3. The molecule has 5 rings (SSSR count). The lowest BCUT2D eigenvalue weighted by molar-refractivity contribution is -0.115. The second kappa shape index (κ2) is 9.67. The van der Waals surface area contributed by atoms with E-state index >= 15 is 4.39 Å². The number of benzene rings is 2. The van der Waals surface area contributed by atoms with Gasteiger partial charge in [0, 0.05) is 36.8 Å². The number of nitrogens with zero attached hydrogens (tertiary/aromatic N) is 4. The molecule has 176 valence electrons. The lowest BCUT2D eigenvalue weighted by atomic mass is 9.98. The first-order chi connectivity index (χ1) is 16.4. The first-order valence-corrected chi connectivity index (χ1v) is 13.8. The number of nitrogens with one attached hydrogen (secondary N) is 1. The Kier molecular flexibility index (Phi) is 6.63. The van der Waals surface area contributed by atoms with E-state index in [0.717, 1.165) is 54.8 Å². The predicted molar refractivity (Wildman–Crippen MR) is 143 cm³/mol. The number of fused-ring (bicyclic) bond motifs is 1. The molecule has 1 unspecified atom stereocenters. The number of carbonyl (C=O) groups excluding carboxylic acids is 2. The SMILES string of the molecule is CCN1CCN(c2ccc(C3=NI=Nc4ccc(/C=C5\SC(=O)NC5=O)cc43)cc2F)CC1C. The molecule has 3 aliphatic heterocycles. The van der Waals surface area contributed by atoms with Gasteiger partial charge in [-0.1, -0.05) is 19.1 Å². The number of likely N-dealkylation sites (N-methyl/N-ethyl adjacent to an activating group) is 1. The van der Waals surface area contributed by atoms with Crippen molar-refractivity contribution in [2.75, 3.05) is 31.1 Å². The van der Waals surface area contributed by atoms with Crippen LogP contribution in [0, 0.1) is 5.82 Å². The van der Waals surface area contributed by atoms with Gasteiger partial charge in [-0.2, -0.15) is 0 Å². The van der Waals surface area contributed by atoms with E-state index in [2.05, 4.69) is 35.3 Å². The molecule has 2 saturated heterocycles. The average Bonchev–Trinajstić information content (AvgIpc) is 3.14. The van der Waals surface area contributed by atoms with Crippen molar-refractivity contribution in [2.24, 2.45) is 6.35 Å². The molecule has 3 aliphatic rings. The highest BCUT2D eigenvalue weighted by Crippen LogP contribution is 2.35. The molecule has 2 fully saturated rings. The van der Waals surface area contributed by atoms with Crippen LogP contribution in [0.1, 0.15) is 30.5 Å². The maximum Gasteiger partial charge on any atom is 0.290 e. The molecule has 3 heterocycles. The van der Waals surface area contributed by atoms with E-state index in [1.54, 1.807) is 12.1 Å². The third-order valence-corrected chi connectivity index (χ3v) is 8.44. The molecule has 0 spiro atoms. The summed E-state index contributed by atoms with van der Waals surface area (Å²) >= 11 is 0.103. The van der Waals surface area contributed by atoms with Crippen molar-refractivity contribution in [1.29, 1.82) is 0 Å². The Balaban J connectivity index is 1.43. The number of amides is 2. The Bertz CT molecular complexity index is 1280. The molecule has 0 aliphatic carbocycles. The number of hydrogen-bond acceptors (Lipinski definition) is 7. The number of thioether (sulfide) groups is 1. The molecule has 0 saturated carbocycles. The van der Waals surface area contributed by atoms with Crippen molar-refractivity contribution >= 4 is 67.4 Å². The molecule has 0 bridgehead atoms. The van der Waals surface area contributed by atoms with Crippen LogP contribution in [0.4, 0.5) is 20.6 Å². The highest BCUT2D eigenvalue weighted by Gasteiger charge is 2.26. The van der Waals surface area contributed by atoms with Crippen molar-refractivity contribution < 1.29 is 14.0 Å². The normalized spacial score (nSPS) is 21.9. The molecule has 34 heavy (non-hydrogen) atoms. The second-order valence-electron chi connectivity index (χ2n) is 8.31. The number of hydrogen-bond donors (Lipinski definition) is 1. The van der Waals surface area contributed by atoms with Gasteiger partial charge in [0.05, 0.1) is 22.0 Å². The Morgan fingerprint density at radius 2 is 2.09 bits per heavy atom. The maximum atomic E-state index is 15.3. The molecule has 7 nitrogen and oxygen atoms in total. The zero-order valence-corrected chi connectivity index (χ0v) is 21.7. The number of imide groups is 1. The highest BCUT2D eigenvalue weighted by atomic mass is 127. The Morgan fingerprint density at radius 1 is 1.24 bits per heavy atom. The van der Waals surface area contributed by atoms with Crippen LogP contribution >= 0.6 is 33.1 Å². The molecule has 2 amide bonds. The second-order valence-corrected chi connectivity index (χ2v) is 10.7. The zero-order valence-electron chi connectivity index (χ0n) is 18.7. The first-order valence-electron chi connectivity index (χ1n) is 11.0. The molecule has 1 N–H and O–H groups in total. The van der Waals surface area contributed by atoms with Gasteiger partial charge in [-0.3, -0.25) is 19.8 Å². The monoisotopic (exact) mass is 591 g/mol. The van der Waals surface area contributed by atoms with Crippen LogP contribution < -0.4 is 10.2 Å². The van der Waals surface area contributed by atoms with Crippen LogP contribution in [0.3, 0.4) is 0 Å². The molecule has 0 aromatic heterocycles. The van der Waals surface area contributed by atoms with Gasteiger partial charge in [0.15, 0.2) is 0 Å². The minimum atomic E-state index is -0.775. The van der Waals surface area contributed by atoms with Crippen LogP contribution in [0.2, 0.25) is 0 Å². The third-order valence-electron chi connectivity index (χ3n) is 6.20. The van der Waals surface area contributed by atoms with E-state index in [1.807, 2.05) is 30.3 Å². The van der Waals surface area contributed by atoms with Crippen molar-refractivity contribution in [3.63, 3.8) is 0 Å². The zero-order chi connectivity index (χ0) is 23.8. The number of anilines is 1. The van der Waals surface area contributed by atoms with Gasteiger partial charge >= 0.3 is 0 Å². The van der Waals surface area contributed by atoms with Crippen LogP contribution in [0.15, 0.2) is 47.7 Å². The fourth-order valence-corrected chi connectivity index (χ4v) is 6.62. The van der Waals surface area contributed by atoms with Gasteiger partial charge in [0.1, 0.15) is 27.1 Å². The topological polar surface area (TPSA) is 77.4 Å². The minimum absolute atomic E-state index is 0.254. The Labute approximate surface area is 212 Å². The van der Waals surface area contributed by atoms with Gasteiger partial charge in [0.2, 0.25) is 0 Å². The van der Waals surface area contributed by atoms with E-state index < -0.39 is 27.2 Å². The van der Waals surface area contributed by atoms with Gasteiger partial charge in [0.25, 0.3) is 11.1 Å². The Hall–Kier alpha value is -2.44. The number of rotatable bonds is 4. The standard InChI is InChI=1S/C24H23FIN5O2S/c1-3-30-8-9-31(13-14(30)2)20-7-5-16(12-18(20)25)22-17-10-15(4-6-19(17)28-26-29-22)11-21-23(32)27-24(33)34-21/h4-7,10-12,14H,3,8-9,13H2,1-2H3,(H,27,32,33)/b21-11-. The fourth-order valence-electron chi connectivity index (χ4n) is 4.42. The molecule has 2 aromatic rings. The summed E-state index contributed by atoms with van der Waals surface area (Å²) in [6.07, 6.45) is 1.67. The van der Waals surface area contributed by atoms with Gasteiger partial charge in [-0.25, -0.2) is 10.7 Å². The number of carbonyl (C=O) groups is 2. The van der Waals surface area contributed by atoms with Crippen LogP contribution in [-0.2, 0) is 4.79 Å². The fraction of sp³-hybridized carbons (Fsp3) is 0.292. The minimum Gasteiger partial charge on any atom is -0.366 e. The largest absolute Gasteiger partial charge is 0.366 e. The summed E-state index contributed by atoms with van der Waals surface area (Å²) in [4.78, 5) is 28.2. The number of piperazine rings is 1. The maximum absolute atomic E-state index is 15.3. The van der Waals surface area contributed by atoms with E-state index in [0.29, 0.717) is 27.9 Å². The predicted octanol–water partition coefficient (Wildman–Crippen LogP) is 5.23. The van der Waals surface area contributed by atoms with E-state index in [9.17, 15) is 9.59 Å². The van der Waals surface area contributed by atoms with Gasteiger partial charge in [-0.15, -0.1) is 0 Å². The summed E-state index contributed by atoms with van der Waals surface area (Å²) in [5.41, 5.74) is 4.42. The average molecular weight is 591 g/mol. The van der Waals surface area contributed by atoms with Gasteiger partial charge in [-0.05, 0) is 61.1 Å². The molecular weight excluding hydrogens is 568 g/mol.